The molecule has 0 saturated heterocycles. The topological polar surface area (TPSA) is 77.3 Å². The zero-order valence-electron chi connectivity index (χ0n) is 5.84. The molecule has 0 amide bonds. The van der Waals surface area contributed by atoms with Gasteiger partial charge in [-0.15, -0.1) is 9.81 Å². The molecule has 1 aromatic rings. The molecule has 0 radical (unpaired) electrons. The van der Waals surface area contributed by atoms with Gasteiger partial charge in [0.1, 0.15) is 0 Å². The van der Waals surface area contributed by atoms with E-state index in [2.05, 4.69) is 20.4 Å². The highest BCUT2D eigenvalue weighted by atomic mass is 16.8. The summed E-state index contributed by atoms with van der Waals surface area (Å²) in [7, 11) is 0. The average molecular weight is 168 g/mol. The largest absolute Gasteiger partial charge is 0.320 e. The molecular formula is C6H4N2O4. The van der Waals surface area contributed by atoms with Crippen LogP contribution in [0.1, 0.15) is 0 Å². The molecule has 0 fully saturated rings. The van der Waals surface area contributed by atoms with Gasteiger partial charge in [0.05, 0.1) is 0 Å². The molecule has 0 aromatic heterocycles. The highest BCUT2D eigenvalue weighted by Gasteiger charge is 2.04. The number of para-hydroxylation sites is 2. The number of benzene rings is 1. The maximum absolute atomic E-state index is 9.69. The Morgan fingerprint density at radius 2 is 1.33 bits per heavy atom. The number of hydrogen-bond donors (Lipinski definition) is 0. The van der Waals surface area contributed by atoms with Gasteiger partial charge >= 0.3 is 0 Å². The minimum Gasteiger partial charge on any atom is -0.320 e. The average Bonchev–Trinajstić information content (AvgIpc) is 2.09. The summed E-state index contributed by atoms with van der Waals surface area (Å²) in [6.45, 7) is 0. The summed E-state index contributed by atoms with van der Waals surface area (Å²) in [6.07, 6.45) is 0. The lowest BCUT2D eigenvalue weighted by Gasteiger charge is -1.98. The van der Waals surface area contributed by atoms with E-state index in [1.165, 1.54) is 12.1 Å². The molecule has 0 heterocycles. The van der Waals surface area contributed by atoms with Crippen LogP contribution >= 0.6 is 0 Å². The zero-order chi connectivity index (χ0) is 8.81. The van der Waals surface area contributed by atoms with Crippen molar-refractivity contribution in [3.05, 3.63) is 34.1 Å². The maximum Gasteiger partial charge on any atom is 0.206 e. The third kappa shape index (κ3) is 1.75. The first kappa shape index (κ1) is 8.12. The minimum atomic E-state index is 0.0482. The lowest BCUT2D eigenvalue weighted by Crippen LogP contribution is -1.86. The smallest absolute Gasteiger partial charge is 0.206 e. The van der Waals surface area contributed by atoms with E-state index in [9.17, 15) is 9.81 Å². The predicted molar refractivity (Wildman–Crippen MR) is 39.3 cm³/mol. The van der Waals surface area contributed by atoms with Crippen LogP contribution in [0.15, 0.2) is 34.9 Å². The second-order valence-corrected chi connectivity index (χ2v) is 1.78. The Kier molecular flexibility index (Phi) is 2.72. The van der Waals surface area contributed by atoms with Crippen molar-refractivity contribution in [1.82, 2.24) is 0 Å². The Balaban J connectivity index is 2.90. The second kappa shape index (κ2) is 4.02. The molecule has 1 rings (SSSR count). The minimum absolute atomic E-state index is 0.0482. The van der Waals surface area contributed by atoms with Crippen molar-refractivity contribution in [3.8, 4) is 11.5 Å². The molecule has 12 heavy (non-hydrogen) atoms. The fraction of sp³-hybridized carbons (Fsp3) is 0. The van der Waals surface area contributed by atoms with Gasteiger partial charge in [0.2, 0.25) is 11.5 Å². The summed E-state index contributed by atoms with van der Waals surface area (Å²) < 4.78 is 0. The van der Waals surface area contributed by atoms with Crippen LogP contribution in [0.4, 0.5) is 0 Å². The summed E-state index contributed by atoms with van der Waals surface area (Å²) in [5.74, 6) is 0.0965. The van der Waals surface area contributed by atoms with Gasteiger partial charge in [-0.25, -0.2) is 0 Å². The maximum atomic E-state index is 9.69. The Bertz CT molecular complexity index is 260. The molecule has 0 aliphatic carbocycles. The quantitative estimate of drug-likeness (QED) is 0.507. The van der Waals surface area contributed by atoms with Gasteiger partial charge in [-0.3, -0.25) is 0 Å². The van der Waals surface area contributed by atoms with Gasteiger partial charge in [-0.2, -0.15) is 0 Å². The highest BCUT2D eigenvalue weighted by molar-refractivity contribution is 5.38. The van der Waals surface area contributed by atoms with E-state index < -0.39 is 0 Å². The first-order chi connectivity index (χ1) is 5.88. The standard InChI is InChI=1S/C6H4N2O4/c9-7-11-5-3-1-2-4-6(5)12-8-10/h1-4H. The molecule has 0 aliphatic heterocycles. The Morgan fingerprint density at radius 1 is 0.917 bits per heavy atom. The lowest BCUT2D eigenvalue weighted by molar-refractivity contribution is 0.281. The summed E-state index contributed by atoms with van der Waals surface area (Å²) in [4.78, 5) is 27.9. The van der Waals surface area contributed by atoms with Gasteiger partial charge in [-0.1, -0.05) is 12.1 Å². The number of nitrogens with zero attached hydrogens (tertiary/aromatic N) is 2. The highest BCUT2D eigenvalue weighted by Crippen LogP contribution is 2.26. The van der Waals surface area contributed by atoms with Crippen LogP contribution in [0.3, 0.4) is 0 Å². The van der Waals surface area contributed by atoms with Crippen molar-refractivity contribution in [2.45, 2.75) is 0 Å². The SMILES string of the molecule is O=NOc1ccccc1ON=O. The molecule has 0 N–H and O–H groups in total. The molecule has 0 atom stereocenters. The fourth-order valence-corrected chi connectivity index (χ4v) is 0.681. The van der Waals surface area contributed by atoms with Crippen LogP contribution in [0.25, 0.3) is 0 Å². The summed E-state index contributed by atoms with van der Waals surface area (Å²) in [6, 6.07) is 6.03. The third-order valence-electron chi connectivity index (χ3n) is 1.12. The van der Waals surface area contributed by atoms with E-state index in [-0.39, 0.29) is 11.5 Å². The van der Waals surface area contributed by atoms with E-state index in [1.807, 2.05) is 0 Å². The first-order valence-corrected chi connectivity index (χ1v) is 2.97. The fourth-order valence-electron chi connectivity index (χ4n) is 0.681. The molecular weight excluding hydrogens is 164 g/mol. The van der Waals surface area contributed by atoms with Gasteiger partial charge in [0.15, 0.2) is 10.7 Å². The number of hydrogen-bond acceptors (Lipinski definition) is 6. The summed E-state index contributed by atoms with van der Waals surface area (Å²) in [5, 5.41) is 4.35. The second-order valence-electron chi connectivity index (χ2n) is 1.78. The monoisotopic (exact) mass is 168 g/mol. The molecule has 6 nitrogen and oxygen atoms in total. The van der Waals surface area contributed by atoms with Gasteiger partial charge in [-0.05, 0) is 12.1 Å². The van der Waals surface area contributed by atoms with Crippen LogP contribution in [0.5, 0.6) is 11.5 Å². The Morgan fingerprint density at radius 3 is 1.67 bits per heavy atom. The normalized spacial score (nSPS) is 8.67. The van der Waals surface area contributed by atoms with E-state index in [1.54, 1.807) is 12.1 Å². The van der Waals surface area contributed by atoms with E-state index in [0.29, 0.717) is 0 Å². The Hall–Kier alpha value is -1.98. The van der Waals surface area contributed by atoms with Crippen molar-refractivity contribution in [1.29, 1.82) is 0 Å². The van der Waals surface area contributed by atoms with Crippen molar-refractivity contribution >= 4 is 0 Å². The molecule has 0 unspecified atom stereocenters. The molecule has 0 aliphatic rings. The van der Waals surface area contributed by atoms with E-state index >= 15 is 0 Å². The molecule has 0 bridgehead atoms. The summed E-state index contributed by atoms with van der Waals surface area (Å²) >= 11 is 0. The van der Waals surface area contributed by atoms with Crippen LogP contribution in [0, 0.1) is 9.81 Å². The van der Waals surface area contributed by atoms with Gasteiger partial charge in [0.25, 0.3) is 0 Å². The van der Waals surface area contributed by atoms with Crippen LogP contribution < -0.4 is 9.68 Å². The Labute approximate surface area is 67.0 Å². The van der Waals surface area contributed by atoms with Crippen molar-refractivity contribution in [3.63, 3.8) is 0 Å². The molecule has 0 spiro atoms. The van der Waals surface area contributed by atoms with Crippen molar-refractivity contribution in [2.24, 2.45) is 10.7 Å². The van der Waals surface area contributed by atoms with Gasteiger partial charge in [0, 0.05) is 0 Å². The molecule has 62 valence electrons. The van der Waals surface area contributed by atoms with E-state index in [4.69, 9.17) is 0 Å². The van der Waals surface area contributed by atoms with Gasteiger partial charge < -0.3 is 9.68 Å². The van der Waals surface area contributed by atoms with Crippen molar-refractivity contribution in [2.75, 3.05) is 0 Å². The predicted octanol–water partition coefficient (Wildman–Crippen LogP) is 1.81. The van der Waals surface area contributed by atoms with Crippen LogP contribution in [-0.2, 0) is 0 Å². The first-order valence-electron chi connectivity index (χ1n) is 2.97. The summed E-state index contributed by atoms with van der Waals surface area (Å²) in [5.41, 5.74) is 0. The molecule has 1 aromatic carbocycles. The molecule has 6 heteroatoms. The van der Waals surface area contributed by atoms with Crippen molar-refractivity contribution < 1.29 is 9.68 Å². The zero-order valence-corrected chi connectivity index (χ0v) is 5.84. The van der Waals surface area contributed by atoms with Crippen LogP contribution in [0.2, 0.25) is 0 Å². The lowest BCUT2D eigenvalue weighted by atomic mass is 10.3. The molecule has 0 saturated carbocycles. The van der Waals surface area contributed by atoms with E-state index in [0.717, 1.165) is 0 Å². The number of rotatable bonds is 4. The third-order valence-corrected chi connectivity index (χ3v) is 1.12. The van der Waals surface area contributed by atoms with Crippen LogP contribution in [-0.4, -0.2) is 0 Å².